The molecule has 2 saturated carbocycles. The quantitative estimate of drug-likeness (QED) is 0.847. The predicted octanol–water partition coefficient (Wildman–Crippen LogP) is 4.13. The minimum absolute atomic E-state index is 0.0556. The Hall–Kier alpha value is -1.13. The van der Waals surface area contributed by atoms with Crippen molar-refractivity contribution in [1.82, 2.24) is 5.32 Å². The Morgan fingerprint density at radius 2 is 2.04 bits per heavy atom. The van der Waals surface area contributed by atoms with Crippen LogP contribution in [-0.4, -0.2) is 23.7 Å². The third kappa shape index (κ3) is 3.11. The smallest absolute Gasteiger partial charge is 0.309 e. The van der Waals surface area contributed by atoms with Crippen molar-refractivity contribution in [1.29, 1.82) is 0 Å². The van der Waals surface area contributed by atoms with Crippen LogP contribution in [-0.2, 0) is 10.2 Å². The van der Waals surface area contributed by atoms with Crippen LogP contribution in [0.4, 0.5) is 4.39 Å². The number of carboxylic acid groups (broad SMARTS) is 1. The molecule has 0 bridgehead atoms. The zero-order chi connectivity index (χ0) is 16.7. The minimum atomic E-state index is -0.715. The van der Waals surface area contributed by atoms with Crippen molar-refractivity contribution in [2.75, 3.05) is 6.54 Å². The first-order chi connectivity index (χ1) is 10.8. The normalized spacial score (nSPS) is 29.3. The molecule has 23 heavy (non-hydrogen) atoms. The van der Waals surface area contributed by atoms with Gasteiger partial charge in [-0.2, -0.15) is 0 Å². The molecule has 3 rings (SSSR count). The molecule has 2 N–H and O–H groups in total. The number of rotatable bonds is 5. The van der Waals surface area contributed by atoms with Gasteiger partial charge in [-0.05, 0) is 50.3 Å². The molecule has 1 aromatic carbocycles. The number of carbonyl (C=O) groups is 1. The monoisotopic (exact) mass is 339 g/mol. The fraction of sp³-hybridized carbons (Fsp3) is 0.611. The summed E-state index contributed by atoms with van der Waals surface area (Å²) >= 11 is 6.30. The van der Waals surface area contributed by atoms with Gasteiger partial charge in [0.2, 0.25) is 0 Å². The molecule has 2 aliphatic rings. The van der Waals surface area contributed by atoms with Gasteiger partial charge in [0.15, 0.2) is 0 Å². The molecule has 0 saturated heterocycles. The molecule has 0 aromatic heterocycles. The van der Waals surface area contributed by atoms with Crippen molar-refractivity contribution in [2.45, 2.75) is 56.9 Å². The van der Waals surface area contributed by atoms with Gasteiger partial charge in [0.1, 0.15) is 5.82 Å². The van der Waals surface area contributed by atoms with E-state index in [0.717, 1.165) is 37.8 Å². The SMILES string of the molecule is CC1(C(=O)O)CC(NCC2(c3ccc(F)cc3Cl)CCCC2)C1. The van der Waals surface area contributed by atoms with Crippen LogP contribution in [0.15, 0.2) is 18.2 Å². The van der Waals surface area contributed by atoms with Crippen molar-refractivity contribution in [3.8, 4) is 0 Å². The molecule has 0 aliphatic heterocycles. The lowest BCUT2D eigenvalue weighted by Crippen LogP contribution is -2.53. The highest BCUT2D eigenvalue weighted by Crippen LogP contribution is 2.45. The summed E-state index contributed by atoms with van der Waals surface area (Å²) in [6.07, 6.45) is 5.69. The molecular formula is C18H23ClFNO2. The lowest BCUT2D eigenvalue weighted by molar-refractivity contribution is -0.154. The first-order valence-corrected chi connectivity index (χ1v) is 8.65. The van der Waals surface area contributed by atoms with Crippen LogP contribution in [0.1, 0.15) is 51.0 Å². The van der Waals surface area contributed by atoms with Gasteiger partial charge in [-0.1, -0.05) is 30.5 Å². The zero-order valence-corrected chi connectivity index (χ0v) is 14.1. The number of aliphatic carboxylic acids is 1. The Bertz CT molecular complexity index is 607. The lowest BCUT2D eigenvalue weighted by atomic mass is 9.66. The van der Waals surface area contributed by atoms with E-state index >= 15 is 0 Å². The molecule has 2 fully saturated rings. The number of nitrogens with one attached hydrogen (secondary N) is 1. The molecule has 1 aromatic rings. The second-order valence-corrected chi connectivity index (χ2v) is 7.87. The molecular weight excluding hydrogens is 317 g/mol. The van der Waals surface area contributed by atoms with Crippen molar-refractivity contribution >= 4 is 17.6 Å². The zero-order valence-electron chi connectivity index (χ0n) is 13.4. The highest BCUT2D eigenvalue weighted by Gasteiger charge is 2.47. The van der Waals surface area contributed by atoms with Gasteiger partial charge in [-0.25, -0.2) is 4.39 Å². The number of hydrogen-bond donors (Lipinski definition) is 2. The van der Waals surface area contributed by atoms with Crippen molar-refractivity contribution in [2.24, 2.45) is 5.41 Å². The third-order valence-corrected chi connectivity index (χ3v) is 6.02. The van der Waals surface area contributed by atoms with Gasteiger partial charge in [0, 0.05) is 23.0 Å². The summed E-state index contributed by atoms with van der Waals surface area (Å²) in [5.41, 5.74) is 0.375. The summed E-state index contributed by atoms with van der Waals surface area (Å²) in [5.74, 6) is -1.02. The topological polar surface area (TPSA) is 49.3 Å². The maximum absolute atomic E-state index is 13.3. The number of carboxylic acids is 1. The van der Waals surface area contributed by atoms with Crippen LogP contribution in [0.3, 0.4) is 0 Å². The molecule has 0 spiro atoms. The van der Waals surface area contributed by atoms with Gasteiger partial charge >= 0.3 is 5.97 Å². The maximum Gasteiger partial charge on any atom is 0.309 e. The summed E-state index contributed by atoms with van der Waals surface area (Å²) < 4.78 is 13.3. The van der Waals surface area contributed by atoms with Crippen LogP contribution >= 0.6 is 11.6 Å². The molecule has 5 heteroatoms. The Balaban J connectivity index is 1.69. The molecule has 2 aliphatic carbocycles. The van der Waals surface area contributed by atoms with E-state index < -0.39 is 11.4 Å². The summed E-state index contributed by atoms with van der Waals surface area (Å²) in [6, 6.07) is 4.92. The van der Waals surface area contributed by atoms with Gasteiger partial charge in [-0.15, -0.1) is 0 Å². The van der Waals surface area contributed by atoms with Crippen LogP contribution in [0.2, 0.25) is 5.02 Å². The Labute approximate surface area is 141 Å². The molecule has 126 valence electrons. The van der Waals surface area contributed by atoms with Crippen molar-refractivity contribution < 1.29 is 14.3 Å². The molecule has 0 heterocycles. The Morgan fingerprint density at radius 1 is 1.39 bits per heavy atom. The number of benzene rings is 1. The average molecular weight is 340 g/mol. The largest absolute Gasteiger partial charge is 0.481 e. The molecule has 0 amide bonds. The molecule has 0 radical (unpaired) electrons. The first kappa shape index (κ1) is 16.7. The van der Waals surface area contributed by atoms with Gasteiger partial charge in [0.25, 0.3) is 0 Å². The second-order valence-electron chi connectivity index (χ2n) is 7.46. The lowest BCUT2D eigenvalue weighted by Gasteiger charge is -2.44. The van der Waals surface area contributed by atoms with E-state index in [1.165, 1.54) is 12.1 Å². The number of hydrogen-bond acceptors (Lipinski definition) is 2. The van der Waals surface area contributed by atoms with E-state index in [1.807, 2.05) is 6.07 Å². The second kappa shape index (κ2) is 6.06. The van der Waals surface area contributed by atoms with E-state index in [0.29, 0.717) is 17.9 Å². The summed E-state index contributed by atoms with van der Waals surface area (Å²) in [6.45, 7) is 2.58. The van der Waals surface area contributed by atoms with Crippen LogP contribution < -0.4 is 5.32 Å². The van der Waals surface area contributed by atoms with E-state index in [9.17, 15) is 14.3 Å². The summed E-state index contributed by atoms with van der Waals surface area (Å²) in [4.78, 5) is 11.2. The van der Waals surface area contributed by atoms with E-state index in [2.05, 4.69) is 5.32 Å². The molecule has 3 nitrogen and oxygen atoms in total. The van der Waals surface area contributed by atoms with Crippen molar-refractivity contribution in [3.63, 3.8) is 0 Å². The third-order valence-electron chi connectivity index (χ3n) is 5.70. The van der Waals surface area contributed by atoms with Crippen LogP contribution in [0.5, 0.6) is 0 Å². The summed E-state index contributed by atoms with van der Waals surface area (Å²) in [5, 5.41) is 13.2. The summed E-state index contributed by atoms with van der Waals surface area (Å²) in [7, 11) is 0. The van der Waals surface area contributed by atoms with Crippen LogP contribution in [0.25, 0.3) is 0 Å². The van der Waals surface area contributed by atoms with E-state index in [1.54, 1.807) is 6.92 Å². The van der Waals surface area contributed by atoms with E-state index in [-0.39, 0.29) is 17.3 Å². The highest BCUT2D eigenvalue weighted by atomic mass is 35.5. The molecule has 0 unspecified atom stereocenters. The predicted molar refractivity (Wildman–Crippen MR) is 88.3 cm³/mol. The van der Waals surface area contributed by atoms with Gasteiger partial charge < -0.3 is 10.4 Å². The van der Waals surface area contributed by atoms with Gasteiger partial charge in [-0.3, -0.25) is 4.79 Å². The fourth-order valence-electron chi connectivity index (χ4n) is 4.20. The van der Waals surface area contributed by atoms with E-state index in [4.69, 9.17) is 11.6 Å². The highest BCUT2D eigenvalue weighted by molar-refractivity contribution is 6.31. The molecule has 0 atom stereocenters. The standard InChI is InChI=1S/C18H23ClFNO2/c1-17(16(22)23)9-13(10-17)21-11-18(6-2-3-7-18)14-5-4-12(20)8-15(14)19/h4-5,8,13,21H,2-3,6-7,9-11H2,1H3,(H,22,23). The Morgan fingerprint density at radius 3 is 2.61 bits per heavy atom. The number of halogens is 2. The maximum atomic E-state index is 13.3. The van der Waals surface area contributed by atoms with Crippen LogP contribution in [0, 0.1) is 11.2 Å². The Kier molecular flexibility index (Phi) is 4.41. The average Bonchev–Trinajstić information content (AvgIpc) is 2.91. The van der Waals surface area contributed by atoms with Gasteiger partial charge in [0.05, 0.1) is 5.41 Å². The minimum Gasteiger partial charge on any atom is -0.481 e. The first-order valence-electron chi connectivity index (χ1n) is 8.27. The fourth-order valence-corrected chi connectivity index (χ4v) is 4.57. The van der Waals surface area contributed by atoms with Crippen molar-refractivity contribution in [3.05, 3.63) is 34.6 Å².